The van der Waals surface area contributed by atoms with E-state index in [0.717, 1.165) is 12.1 Å². The Morgan fingerprint density at radius 2 is 1.96 bits per heavy atom. The molecule has 0 aliphatic carbocycles. The number of nitrogens with one attached hydrogen (secondary N) is 1. The highest BCUT2D eigenvalue weighted by molar-refractivity contribution is 5.73. The number of nitrogens with zero attached hydrogens (tertiary/aromatic N) is 2. The van der Waals surface area contributed by atoms with E-state index in [9.17, 15) is 18.0 Å². The summed E-state index contributed by atoms with van der Waals surface area (Å²) in [7, 11) is 1.56. The molecule has 0 fully saturated rings. The number of halogens is 3. The van der Waals surface area contributed by atoms with Crippen LogP contribution in [0.4, 0.5) is 18.0 Å². The number of aromatic nitrogens is 1. The van der Waals surface area contributed by atoms with Gasteiger partial charge in [0.25, 0.3) is 0 Å². The van der Waals surface area contributed by atoms with Gasteiger partial charge in [0.1, 0.15) is 11.5 Å². The summed E-state index contributed by atoms with van der Waals surface area (Å²) >= 11 is 0. The van der Waals surface area contributed by atoms with Crippen LogP contribution < -0.4 is 5.32 Å². The number of benzene rings is 1. The lowest BCUT2D eigenvalue weighted by molar-refractivity contribution is -0.137. The van der Waals surface area contributed by atoms with Crippen molar-refractivity contribution in [2.75, 3.05) is 7.05 Å². The summed E-state index contributed by atoms with van der Waals surface area (Å²) in [4.78, 5) is 13.3. The van der Waals surface area contributed by atoms with Gasteiger partial charge in [-0.3, -0.25) is 0 Å². The van der Waals surface area contributed by atoms with Gasteiger partial charge in [0.2, 0.25) is 0 Å². The average Bonchev–Trinajstić information content (AvgIpc) is 2.90. The Morgan fingerprint density at radius 1 is 1.30 bits per heavy atom. The van der Waals surface area contributed by atoms with Gasteiger partial charge in [0.15, 0.2) is 0 Å². The first kappa shape index (κ1) is 16.9. The van der Waals surface area contributed by atoms with Gasteiger partial charge in [-0.15, -0.1) is 0 Å². The molecule has 1 N–H and O–H groups in total. The molecule has 124 valence electrons. The quantitative estimate of drug-likeness (QED) is 0.937. The van der Waals surface area contributed by atoms with E-state index >= 15 is 0 Å². The van der Waals surface area contributed by atoms with Gasteiger partial charge in [0, 0.05) is 19.7 Å². The second-order valence-corrected chi connectivity index (χ2v) is 5.14. The van der Waals surface area contributed by atoms with Crippen LogP contribution in [0, 0.1) is 6.92 Å². The first-order valence-corrected chi connectivity index (χ1v) is 6.83. The smallest absolute Gasteiger partial charge is 0.361 e. The van der Waals surface area contributed by atoms with Gasteiger partial charge < -0.3 is 14.7 Å². The molecule has 0 spiro atoms. The van der Waals surface area contributed by atoms with E-state index < -0.39 is 11.7 Å². The molecule has 0 radical (unpaired) electrons. The normalized spacial score (nSPS) is 11.3. The first-order chi connectivity index (χ1) is 10.8. The molecular formula is C15H16F3N3O2. The molecule has 0 saturated carbocycles. The van der Waals surface area contributed by atoms with Crippen LogP contribution in [0.15, 0.2) is 34.9 Å². The number of amides is 2. The van der Waals surface area contributed by atoms with Gasteiger partial charge >= 0.3 is 12.2 Å². The summed E-state index contributed by atoms with van der Waals surface area (Å²) in [6.07, 6.45) is -4.36. The van der Waals surface area contributed by atoms with E-state index in [1.807, 2.05) is 0 Å². The number of hydrogen-bond acceptors (Lipinski definition) is 3. The van der Waals surface area contributed by atoms with Crippen molar-refractivity contribution in [2.45, 2.75) is 26.2 Å². The molecule has 2 rings (SSSR count). The molecule has 2 aromatic rings. The summed E-state index contributed by atoms with van der Waals surface area (Å²) in [6, 6.07) is 6.06. The molecule has 1 aromatic heterocycles. The summed E-state index contributed by atoms with van der Waals surface area (Å²) in [5.41, 5.74) is 0.487. The maximum atomic E-state index is 12.5. The van der Waals surface area contributed by atoms with E-state index in [0.29, 0.717) is 17.0 Å². The van der Waals surface area contributed by atoms with Gasteiger partial charge in [0.05, 0.1) is 12.1 Å². The maximum absolute atomic E-state index is 12.5. The minimum absolute atomic E-state index is 0.196. The van der Waals surface area contributed by atoms with E-state index in [2.05, 4.69) is 10.5 Å². The zero-order valence-electron chi connectivity index (χ0n) is 12.6. The molecule has 5 nitrogen and oxygen atoms in total. The average molecular weight is 327 g/mol. The Hall–Kier alpha value is -2.51. The third-order valence-corrected chi connectivity index (χ3v) is 3.15. The number of alkyl halides is 3. The van der Waals surface area contributed by atoms with Gasteiger partial charge in [-0.05, 0) is 24.6 Å². The number of urea groups is 1. The summed E-state index contributed by atoms with van der Waals surface area (Å²) < 4.78 is 42.3. The van der Waals surface area contributed by atoms with Crippen molar-refractivity contribution >= 4 is 6.03 Å². The molecule has 1 heterocycles. The minimum Gasteiger partial charge on any atom is -0.361 e. The van der Waals surface area contributed by atoms with Crippen LogP contribution in [0.3, 0.4) is 0 Å². The lowest BCUT2D eigenvalue weighted by Crippen LogP contribution is -2.36. The number of rotatable bonds is 4. The Kier molecular flexibility index (Phi) is 4.92. The minimum atomic E-state index is -4.36. The lowest BCUT2D eigenvalue weighted by atomic mass is 10.1. The van der Waals surface area contributed by atoms with Crippen molar-refractivity contribution in [3.63, 3.8) is 0 Å². The number of carbonyl (C=O) groups excluding carboxylic acids is 1. The van der Waals surface area contributed by atoms with Crippen molar-refractivity contribution in [1.82, 2.24) is 15.4 Å². The second kappa shape index (κ2) is 6.72. The highest BCUT2D eigenvalue weighted by Crippen LogP contribution is 2.29. The van der Waals surface area contributed by atoms with Gasteiger partial charge in [-0.25, -0.2) is 4.79 Å². The SMILES string of the molecule is Cc1cc(CNC(=O)N(C)Cc2ccc(C(F)(F)F)cc2)no1. The standard InChI is InChI=1S/C15H16F3N3O2/c1-10-7-13(20-23-10)8-19-14(22)21(2)9-11-3-5-12(6-4-11)15(16,17)18/h3-7H,8-9H2,1-2H3,(H,19,22). The van der Waals surface area contributed by atoms with Crippen LogP contribution in [0.25, 0.3) is 0 Å². The predicted molar refractivity (Wildman–Crippen MR) is 76.4 cm³/mol. The maximum Gasteiger partial charge on any atom is 0.416 e. The Bertz CT molecular complexity index is 665. The van der Waals surface area contributed by atoms with Crippen molar-refractivity contribution < 1.29 is 22.5 Å². The van der Waals surface area contributed by atoms with Crippen LogP contribution in [0.2, 0.25) is 0 Å². The zero-order valence-corrected chi connectivity index (χ0v) is 12.6. The topological polar surface area (TPSA) is 58.4 Å². The van der Waals surface area contributed by atoms with E-state index in [4.69, 9.17) is 4.52 Å². The van der Waals surface area contributed by atoms with Crippen molar-refractivity contribution in [2.24, 2.45) is 0 Å². The van der Waals surface area contributed by atoms with Crippen molar-refractivity contribution in [3.05, 3.63) is 52.9 Å². The molecule has 0 aliphatic heterocycles. The molecule has 0 bridgehead atoms. The third-order valence-electron chi connectivity index (χ3n) is 3.15. The van der Waals surface area contributed by atoms with E-state index in [1.54, 1.807) is 20.0 Å². The fourth-order valence-corrected chi connectivity index (χ4v) is 1.95. The first-order valence-electron chi connectivity index (χ1n) is 6.83. The molecule has 23 heavy (non-hydrogen) atoms. The van der Waals surface area contributed by atoms with Crippen LogP contribution >= 0.6 is 0 Å². The van der Waals surface area contributed by atoms with Crippen LogP contribution in [0.1, 0.15) is 22.6 Å². The summed E-state index contributed by atoms with van der Waals surface area (Å²) in [5.74, 6) is 0.646. The molecule has 0 unspecified atom stereocenters. The number of carbonyl (C=O) groups is 1. The molecule has 0 aliphatic rings. The van der Waals surface area contributed by atoms with Gasteiger partial charge in [-0.2, -0.15) is 13.2 Å². The van der Waals surface area contributed by atoms with Gasteiger partial charge in [-0.1, -0.05) is 17.3 Å². The van der Waals surface area contributed by atoms with Crippen molar-refractivity contribution in [3.8, 4) is 0 Å². The molecule has 1 aromatic carbocycles. The van der Waals surface area contributed by atoms with Crippen LogP contribution in [-0.2, 0) is 19.3 Å². The highest BCUT2D eigenvalue weighted by Gasteiger charge is 2.29. The van der Waals surface area contributed by atoms with Crippen LogP contribution in [0.5, 0.6) is 0 Å². The highest BCUT2D eigenvalue weighted by atomic mass is 19.4. The molecular weight excluding hydrogens is 311 g/mol. The number of hydrogen-bond donors (Lipinski definition) is 1. The molecule has 2 amide bonds. The Balaban J connectivity index is 1.88. The lowest BCUT2D eigenvalue weighted by Gasteiger charge is -2.18. The largest absolute Gasteiger partial charge is 0.416 e. The zero-order chi connectivity index (χ0) is 17.0. The Labute approximate surface area is 131 Å². The Morgan fingerprint density at radius 3 is 2.48 bits per heavy atom. The van der Waals surface area contributed by atoms with E-state index in [-0.39, 0.29) is 19.1 Å². The second-order valence-electron chi connectivity index (χ2n) is 5.14. The van der Waals surface area contributed by atoms with Crippen LogP contribution in [-0.4, -0.2) is 23.1 Å². The fraction of sp³-hybridized carbons (Fsp3) is 0.333. The van der Waals surface area contributed by atoms with E-state index in [1.165, 1.54) is 17.0 Å². The molecule has 8 heteroatoms. The summed E-state index contributed by atoms with van der Waals surface area (Å²) in [5, 5.41) is 6.40. The third kappa shape index (κ3) is 4.73. The predicted octanol–water partition coefficient (Wildman–Crippen LogP) is 3.34. The number of aryl methyl sites for hydroxylation is 1. The monoisotopic (exact) mass is 327 g/mol. The fourth-order valence-electron chi connectivity index (χ4n) is 1.95. The molecule has 0 saturated heterocycles. The van der Waals surface area contributed by atoms with Crippen molar-refractivity contribution in [1.29, 1.82) is 0 Å². The molecule has 0 atom stereocenters. The summed E-state index contributed by atoms with van der Waals surface area (Å²) in [6.45, 7) is 2.16.